The van der Waals surface area contributed by atoms with E-state index in [1.54, 1.807) is 18.2 Å². The van der Waals surface area contributed by atoms with E-state index in [1.165, 1.54) is 76.0 Å². The zero-order chi connectivity index (χ0) is 30.6. The highest BCUT2D eigenvalue weighted by molar-refractivity contribution is 7.98. The molecule has 0 spiro atoms. The van der Waals surface area contributed by atoms with E-state index >= 15 is 0 Å². The number of anilines is 2. The van der Waals surface area contributed by atoms with Crippen molar-refractivity contribution in [2.75, 3.05) is 23.5 Å². The highest BCUT2D eigenvalue weighted by atomic mass is 32.2. The molecule has 5 N–H and O–H groups in total. The molecule has 1 heterocycles. The fraction of sp³-hybridized carbons (Fsp3) is 0.643. The molecule has 236 valence electrons. The lowest BCUT2D eigenvalue weighted by Gasteiger charge is -2.18. The van der Waals surface area contributed by atoms with E-state index in [2.05, 4.69) is 45.5 Å². The van der Waals surface area contributed by atoms with E-state index < -0.39 is 16.1 Å². The third-order valence-electron chi connectivity index (χ3n) is 6.50. The Balaban J connectivity index is 1.74. The Bertz CT molecular complexity index is 1180. The van der Waals surface area contributed by atoms with Crippen LogP contribution in [0.5, 0.6) is 0 Å². The quantitative estimate of drug-likeness (QED) is 0.0598. The Morgan fingerprint density at radius 1 is 0.952 bits per heavy atom. The molecule has 42 heavy (non-hydrogen) atoms. The van der Waals surface area contributed by atoms with Crippen LogP contribution >= 0.6 is 11.8 Å². The van der Waals surface area contributed by atoms with Gasteiger partial charge < -0.3 is 15.2 Å². The molecular formula is C28H47N7O5S2. The number of carbonyl (C=O) groups excluding carboxylic acids is 2. The van der Waals surface area contributed by atoms with Gasteiger partial charge >= 0.3 is 18.1 Å². The second kappa shape index (κ2) is 20.0. The summed E-state index contributed by atoms with van der Waals surface area (Å²) < 4.78 is 29.4. The molecule has 0 saturated heterocycles. The number of amides is 4. The van der Waals surface area contributed by atoms with Gasteiger partial charge in [-0.25, -0.2) is 33.6 Å². The zero-order valence-electron chi connectivity index (χ0n) is 25.0. The predicted octanol–water partition coefficient (Wildman–Crippen LogP) is 6.41. The lowest BCUT2D eigenvalue weighted by Crippen LogP contribution is -2.41. The van der Waals surface area contributed by atoms with Crippen LogP contribution in [0.4, 0.5) is 21.3 Å². The fourth-order valence-corrected chi connectivity index (χ4v) is 5.44. The summed E-state index contributed by atoms with van der Waals surface area (Å²) >= 11 is 1.30. The van der Waals surface area contributed by atoms with Gasteiger partial charge in [0.2, 0.25) is 15.2 Å². The van der Waals surface area contributed by atoms with Crippen molar-refractivity contribution in [3.8, 4) is 0 Å². The minimum absolute atomic E-state index is 0.0590. The van der Waals surface area contributed by atoms with Crippen LogP contribution in [0.3, 0.4) is 0 Å². The number of aromatic nitrogens is 2. The Morgan fingerprint density at radius 3 is 2.31 bits per heavy atom. The van der Waals surface area contributed by atoms with Crippen LogP contribution < -0.4 is 26.2 Å². The molecule has 1 unspecified atom stereocenters. The maximum absolute atomic E-state index is 12.4. The standard InChI is InChI=1S/C28H47N7O5S2/c1-4-6-8-10-11-13-16-22(15-12-9-7-5-2)20-29-25(36)32-33-27-31-28(34-40-27)41-21-23-17-14-18-24(19-23)30-26(37)35-42(3,38)39/h14,17-19,22H,4-13,15-16,20-21H2,1-3H3,(H2,29,32,36)(H2,30,35,37)(H,31,33,34). The van der Waals surface area contributed by atoms with Crippen LogP contribution in [0, 0.1) is 5.92 Å². The first-order valence-corrected chi connectivity index (χ1v) is 17.7. The van der Waals surface area contributed by atoms with Crippen LogP contribution in [0.15, 0.2) is 33.9 Å². The number of urea groups is 2. The molecule has 1 aromatic carbocycles. The Kier molecular flexibility index (Phi) is 16.8. The van der Waals surface area contributed by atoms with Gasteiger partial charge in [0.1, 0.15) is 0 Å². The van der Waals surface area contributed by atoms with Crippen molar-refractivity contribution in [1.29, 1.82) is 0 Å². The van der Waals surface area contributed by atoms with Crippen molar-refractivity contribution in [2.45, 2.75) is 102 Å². The maximum Gasteiger partial charge on any atom is 0.340 e. The molecule has 1 atom stereocenters. The molecule has 2 aromatic rings. The summed E-state index contributed by atoms with van der Waals surface area (Å²) in [6, 6.07) is 5.81. The number of thioether (sulfide) groups is 1. The molecule has 0 bridgehead atoms. The number of unbranched alkanes of at least 4 members (excludes halogenated alkanes) is 8. The summed E-state index contributed by atoms with van der Waals surface area (Å²) in [5.41, 5.74) is 6.49. The SMILES string of the molecule is CCCCCCCCC(CCCCCC)CNC(=O)NNc1nc(SCc2cccc(NC(=O)NS(C)(=O)=O)c2)no1. The van der Waals surface area contributed by atoms with Crippen LogP contribution in [0.25, 0.3) is 0 Å². The van der Waals surface area contributed by atoms with Crippen molar-refractivity contribution in [2.24, 2.45) is 5.92 Å². The zero-order valence-corrected chi connectivity index (χ0v) is 26.7. The van der Waals surface area contributed by atoms with Crippen LogP contribution in [-0.4, -0.2) is 43.4 Å². The summed E-state index contributed by atoms with van der Waals surface area (Å²) in [5, 5.41) is 9.70. The summed E-state index contributed by atoms with van der Waals surface area (Å²) in [5.74, 6) is 0.932. The first kappa shape index (κ1) is 35.2. The van der Waals surface area contributed by atoms with Crippen molar-refractivity contribution in [3.63, 3.8) is 0 Å². The van der Waals surface area contributed by atoms with Gasteiger partial charge in [0.05, 0.1) is 6.26 Å². The summed E-state index contributed by atoms with van der Waals surface area (Å²) in [6.45, 7) is 5.07. The molecular weight excluding hydrogens is 578 g/mol. The van der Waals surface area contributed by atoms with Crippen LogP contribution in [0.1, 0.15) is 96.5 Å². The van der Waals surface area contributed by atoms with Crippen molar-refractivity contribution in [3.05, 3.63) is 29.8 Å². The second-order valence-corrected chi connectivity index (χ2v) is 13.1. The number of nitrogens with zero attached hydrogens (tertiary/aromatic N) is 2. The van der Waals surface area contributed by atoms with Crippen LogP contribution in [-0.2, 0) is 15.8 Å². The number of hydrazine groups is 1. The Morgan fingerprint density at radius 2 is 1.62 bits per heavy atom. The highest BCUT2D eigenvalue weighted by Crippen LogP contribution is 2.23. The number of hydrogen-bond donors (Lipinski definition) is 5. The number of nitrogens with one attached hydrogen (secondary N) is 5. The second-order valence-electron chi connectivity index (χ2n) is 10.4. The monoisotopic (exact) mass is 625 g/mol. The number of carbonyl (C=O) groups is 2. The van der Waals surface area contributed by atoms with Gasteiger partial charge in [0.15, 0.2) is 0 Å². The van der Waals surface area contributed by atoms with Crippen molar-refractivity contribution in [1.82, 2.24) is 25.6 Å². The molecule has 4 amide bonds. The van der Waals surface area contributed by atoms with E-state index in [1.807, 2.05) is 10.8 Å². The first-order chi connectivity index (χ1) is 20.2. The van der Waals surface area contributed by atoms with E-state index in [4.69, 9.17) is 4.52 Å². The summed E-state index contributed by atoms with van der Waals surface area (Å²) in [6.07, 6.45) is 15.6. The van der Waals surface area contributed by atoms with Gasteiger partial charge in [0, 0.05) is 18.0 Å². The number of benzene rings is 1. The lowest BCUT2D eigenvalue weighted by molar-refractivity contribution is 0.239. The molecule has 12 nitrogen and oxygen atoms in total. The Hall–Kier alpha value is -3.00. The highest BCUT2D eigenvalue weighted by Gasteiger charge is 2.13. The van der Waals surface area contributed by atoms with Gasteiger partial charge in [-0.05, 0) is 41.6 Å². The molecule has 0 aliphatic carbocycles. The van der Waals surface area contributed by atoms with E-state index in [9.17, 15) is 18.0 Å². The summed E-state index contributed by atoms with van der Waals surface area (Å²) in [7, 11) is -3.66. The molecule has 1 aromatic heterocycles. The van der Waals surface area contributed by atoms with Gasteiger partial charge in [0.25, 0.3) is 0 Å². The van der Waals surface area contributed by atoms with Gasteiger partial charge in [-0.15, -0.1) is 0 Å². The van der Waals surface area contributed by atoms with E-state index in [-0.39, 0.29) is 12.0 Å². The van der Waals surface area contributed by atoms with Gasteiger partial charge in [-0.2, -0.15) is 4.98 Å². The molecule has 0 saturated carbocycles. The largest absolute Gasteiger partial charge is 0.340 e. The topological polar surface area (TPSA) is 167 Å². The molecule has 0 radical (unpaired) electrons. The van der Waals surface area contributed by atoms with Crippen molar-refractivity contribution < 1.29 is 22.5 Å². The third kappa shape index (κ3) is 16.4. The average Bonchev–Trinajstić information content (AvgIpc) is 3.40. The smallest absolute Gasteiger partial charge is 0.336 e. The average molecular weight is 626 g/mol. The van der Waals surface area contributed by atoms with E-state index in [0.717, 1.165) is 24.7 Å². The van der Waals surface area contributed by atoms with Gasteiger partial charge in [-0.3, -0.25) is 0 Å². The lowest BCUT2D eigenvalue weighted by atomic mass is 9.94. The number of sulfonamides is 1. The maximum atomic E-state index is 12.4. The minimum Gasteiger partial charge on any atom is -0.336 e. The third-order valence-corrected chi connectivity index (χ3v) is 7.96. The van der Waals surface area contributed by atoms with Crippen molar-refractivity contribution >= 4 is 45.5 Å². The normalized spacial score (nSPS) is 12.0. The number of rotatable bonds is 21. The molecule has 2 rings (SSSR count). The first-order valence-electron chi connectivity index (χ1n) is 14.8. The van der Waals surface area contributed by atoms with E-state index in [0.29, 0.717) is 29.1 Å². The molecule has 0 aliphatic heterocycles. The summed E-state index contributed by atoms with van der Waals surface area (Å²) in [4.78, 5) is 28.4. The fourth-order valence-electron chi connectivity index (χ4n) is 4.34. The predicted molar refractivity (Wildman–Crippen MR) is 168 cm³/mol. The Labute approximate surface area is 254 Å². The minimum atomic E-state index is -3.66. The molecule has 0 fully saturated rings. The number of hydrogen-bond acceptors (Lipinski definition) is 9. The van der Waals surface area contributed by atoms with Crippen LogP contribution in [0.2, 0.25) is 0 Å². The van der Waals surface area contributed by atoms with Gasteiger partial charge in [-0.1, -0.05) is 102 Å². The molecule has 14 heteroatoms. The molecule has 0 aliphatic rings.